The van der Waals surface area contributed by atoms with Crippen molar-refractivity contribution in [2.75, 3.05) is 32.1 Å². The normalized spacial score (nSPS) is 19.4. The third-order valence-corrected chi connectivity index (χ3v) is 6.33. The van der Waals surface area contributed by atoms with Gasteiger partial charge in [0, 0.05) is 18.2 Å². The number of carbonyl (C=O) groups excluding carboxylic acids is 1. The number of benzene rings is 3. The Labute approximate surface area is 187 Å². The van der Waals surface area contributed by atoms with Crippen LogP contribution in [0.2, 0.25) is 0 Å². The first-order chi connectivity index (χ1) is 15.6. The van der Waals surface area contributed by atoms with Crippen molar-refractivity contribution in [1.29, 1.82) is 0 Å². The minimum Gasteiger partial charge on any atom is -0.497 e. The summed E-state index contributed by atoms with van der Waals surface area (Å²) in [6.45, 7) is 0.893. The van der Waals surface area contributed by atoms with E-state index in [1.54, 1.807) is 12.0 Å². The van der Waals surface area contributed by atoms with Gasteiger partial charge in [0.25, 0.3) is 0 Å². The summed E-state index contributed by atoms with van der Waals surface area (Å²) in [5.41, 5.74) is 5.63. The average Bonchev–Trinajstić information content (AvgIpc) is 3.36. The molecule has 5 rings (SSSR count). The fourth-order valence-electron chi connectivity index (χ4n) is 4.66. The summed E-state index contributed by atoms with van der Waals surface area (Å²) in [5, 5.41) is 13.8. The maximum atomic E-state index is 12.8. The predicted molar refractivity (Wildman–Crippen MR) is 123 cm³/mol. The van der Waals surface area contributed by atoms with Gasteiger partial charge in [-0.05, 0) is 46.5 Å². The number of hydrogen-bond acceptors (Lipinski definition) is 5. The molecule has 0 aromatic heterocycles. The van der Waals surface area contributed by atoms with Gasteiger partial charge in [-0.1, -0.05) is 48.5 Å². The smallest absolute Gasteiger partial charge is 0.409 e. The summed E-state index contributed by atoms with van der Waals surface area (Å²) in [6, 6.07) is 23.8. The molecule has 164 valence electrons. The van der Waals surface area contributed by atoms with Crippen LogP contribution in [0.25, 0.3) is 11.1 Å². The minimum absolute atomic E-state index is 0.0205. The number of nitrogens with one attached hydrogen (secondary N) is 1. The lowest BCUT2D eigenvalue weighted by molar-refractivity contribution is 0.100. The quantitative estimate of drug-likeness (QED) is 0.638. The monoisotopic (exact) mass is 430 g/mol. The first kappa shape index (κ1) is 20.4. The number of aliphatic hydroxyl groups is 1. The van der Waals surface area contributed by atoms with Crippen LogP contribution in [0.3, 0.4) is 0 Å². The molecule has 2 unspecified atom stereocenters. The van der Waals surface area contributed by atoms with E-state index in [4.69, 9.17) is 9.47 Å². The zero-order valence-corrected chi connectivity index (χ0v) is 17.9. The Bertz CT molecular complexity index is 1070. The molecule has 1 aliphatic carbocycles. The number of anilines is 1. The standard InChI is InChI=1S/C26H26N2O4/c1-31-18-12-10-17(11-13-18)27-24-14-28(15-25(24)29)26(30)32-16-23-21-8-4-2-6-19(21)20-7-3-5-9-22(20)23/h2-13,23-25,27,29H,14-16H2,1H3. The lowest BCUT2D eigenvalue weighted by Crippen LogP contribution is -2.33. The van der Waals surface area contributed by atoms with Gasteiger partial charge < -0.3 is 24.8 Å². The first-order valence-corrected chi connectivity index (χ1v) is 10.8. The molecule has 1 amide bonds. The van der Waals surface area contributed by atoms with Crippen LogP contribution < -0.4 is 10.1 Å². The van der Waals surface area contributed by atoms with Gasteiger partial charge >= 0.3 is 6.09 Å². The van der Waals surface area contributed by atoms with E-state index in [2.05, 4.69) is 29.6 Å². The summed E-state index contributed by atoms with van der Waals surface area (Å²) < 4.78 is 10.9. The minimum atomic E-state index is -0.669. The van der Waals surface area contributed by atoms with Gasteiger partial charge in [-0.3, -0.25) is 0 Å². The second-order valence-electron chi connectivity index (χ2n) is 8.26. The van der Waals surface area contributed by atoms with Crippen molar-refractivity contribution in [3.05, 3.63) is 83.9 Å². The van der Waals surface area contributed by atoms with Crippen molar-refractivity contribution < 1.29 is 19.4 Å². The fourth-order valence-corrected chi connectivity index (χ4v) is 4.66. The summed E-state index contributed by atoms with van der Waals surface area (Å²) in [6.07, 6.45) is -1.07. The average molecular weight is 431 g/mol. The Morgan fingerprint density at radius 3 is 2.22 bits per heavy atom. The molecule has 0 spiro atoms. The molecule has 32 heavy (non-hydrogen) atoms. The molecule has 3 aromatic rings. The number of hydrogen-bond donors (Lipinski definition) is 2. The topological polar surface area (TPSA) is 71.0 Å². The van der Waals surface area contributed by atoms with E-state index < -0.39 is 12.2 Å². The zero-order chi connectivity index (χ0) is 22.1. The molecular weight excluding hydrogens is 404 g/mol. The third-order valence-electron chi connectivity index (χ3n) is 6.33. The van der Waals surface area contributed by atoms with E-state index in [1.807, 2.05) is 48.5 Å². The number of rotatable bonds is 5. The van der Waals surface area contributed by atoms with Crippen molar-refractivity contribution in [3.8, 4) is 16.9 Å². The first-order valence-electron chi connectivity index (χ1n) is 10.8. The Hall–Kier alpha value is -3.51. The molecule has 1 aliphatic heterocycles. The number of ether oxygens (including phenoxy) is 2. The second kappa shape index (κ2) is 8.55. The van der Waals surface area contributed by atoms with E-state index in [-0.39, 0.29) is 25.1 Å². The highest BCUT2D eigenvalue weighted by molar-refractivity contribution is 5.79. The SMILES string of the molecule is COc1ccc(NC2CN(C(=O)OCC3c4ccccc4-c4ccccc43)CC2O)cc1. The van der Waals surface area contributed by atoms with E-state index in [1.165, 1.54) is 22.3 Å². The Morgan fingerprint density at radius 1 is 0.969 bits per heavy atom. The van der Waals surface area contributed by atoms with Crippen molar-refractivity contribution in [2.24, 2.45) is 0 Å². The summed E-state index contributed by atoms with van der Waals surface area (Å²) in [7, 11) is 1.62. The van der Waals surface area contributed by atoms with Gasteiger partial charge in [0.2, 0.25) is 0 Å². The number of nitrogens with zero attached hydrogens (tertiary/aromatic N) is 1. The summed E-state index contributed by atoms with van der Waals surface area (Å²) in [5.74, 6) is 0.787. The molecule has 2 atom stereocenters. The zero-order valence-electron chi connectivity index (χ0n) is 17.9. The third kappa shape index (κ3) is 3.78. The van der Waals surface area contributed by atoms with Crippen LogP contribution in [0.5, 0.6) is 5.75 Å². The van der Waals surface area contributed by atoms with Crippen LogP contribution in [0.4, 0.5) is 10.5 Å². The molecule has 1 fully saturated rings. The van der Waals surface area contributed by atoms with Crippen LogP contribution in [0.1, 0.15) is 17.0 Å². The van der Waals surface area contributed by atoms with Gasteiger partial charge in [0.1, 0.15) is 12.4 Å². The lowest BCUT2D eigenvalue weighted by atomic mass is 9.98. The molecule has 2 aliphatic rings. The highest BCUT2D eigenvalue weighted by Crippen LogP contribution is 2.44. The predicted octanol–water partition coefficient (Wildman–Crippen LogP) is 4.10. The van der Waals surface area contributed by atoms with E-state index in [0.29, 0.717) is 6.54 Å². The number of aliphatic hydroxyl groups excluding tert-OH is 1. The summed E-state index contributed by atoms with van der Waals surface area (Å²) >= 11 is 0. The Kier molecular flexibility index (Phi) is 5.45. The van der Waals surface area contributed by atoms with Crippen LogP contribution >= 0.6 is 0 Å². The molecule has 0 saturated carbocycles. The van der Waals surface area contributed by atoms with E-state index >= 15 is 0 Å². The second-order valence-corrected chi connectivity index (χ2v) is 8.26. The Morgan fingerprint density at radius 2 is 1.59 bits per heavy atom. The lowest BCUT2D eigenvalue weighted by Gasteiger charge is -2.19. The van der Waals surface area contributed by atoms with Gasteiger partial charge in [-0.15, -0.1) is 0 Å². The highest BCUT2D eigenvalue weighted by Gasteiger charge is 2.36. The number of methoxy groups -OCH3 is 1. The largest absolute Gasteiger partial charge is 0.497 e. The Balaban J connectivity index is 1.22. The number of likely N-dealkylation sites (tertiary alicyclic amines) is 1. The van der Waals surface area contributed by atoms with Crippen LogP contribution in [-0.4, -0.2) is 55.1 Å². The molecular formula is C26H26N2O4. The van der Waals surface area contributed by atoms with Crippen molar-refractivity contribution >= 4 is 11.8 Å². The number of amides is 1. The maximum absolute atomic E-state index is 12.8. The van der Waals surface area contributed by atoms with Crippen LogP contribution in [-0.2, 0) is 4.74 Å². The molecule has 0 bridgehead atoms. The van der Waals surface area contributed by atoms with Gasteiger partial charge in [-0.2, -0.15) is 0 Å². The van der Waals surface area contributed by atoms with E-state index in [9.17, 15) is 9.90 Å². The molecule has 1 saturated heterocycles. The van der Waals surface area contributed by atoms with Gasteiger partial charge in [0.05, 0.1) is 25.8 Å². The molecule has 6 nitrogen and oxygen atoms in total. The van der Waals surface area contributed by atoms with Gasteiger partial charge in [0.15, 0.2) is 0 Å². The maximum Gasteiger partial charge on any atom is 0.409 e. The number of carbonyl (C=O) groups is 1. The molecule has 2 N–H and O–H groups in total. The van der Waals surface area contributed by atoms with Gasteiger partial charge in [-0.25, -0.2) is 4.79 Å². The molecule has 1 heterocycles. The van der Waals surface area contributed by atoms with Crippen molar-refractivity contribution in [3.63, 3.8) is 0 Å². The van der Waals surface area contributed by atoms with Crippen molar-refractivity contribution in [2.45, 2.75) is 18.1 Å². The molecule has 3 aromatic carbocycles. The molecule has 0 radical (unpaired) electrons. The van der Waals surface area contributed by atoms with Crippen molar-refractivity contribution in [1.82, 2.24) is 4.90 Å². The van der Waals surface area contributed by atoms with E-state index in [0.717, 1.165) is 11.4 Å². The van der Waals surface area contributed by atoms with Crippen LogP contribution in [0, 0.1) is 0 Å². The number of fused-ring (bicyclic) bond motifs is 3. The summed E-state index contributed by atoms with van der Waals surface area (Å²) in [4.78, 5) is 14.4. The molecule has 6 heteroatoms. The fraction of sp³-hybridized carbons (Fsp3) is 0.269. The number of β-amino-alcohol motifs (C(OH)–C–C–N with tert-alkyl or cyclic N) is 1. The van der Waals surface area contributed by atoms with Crippen LogP contribution in [0.15, 0.2) is 72.8 Å². The highest BCUT2D eigenvalue weighted by atomic mass is 16.6.